The summed E-state index contributed by atoms with van der Waals surface area (Å²) in [5.41, 5.74) is 4.04. The molecule has 0 spiro atoms. The summed E-state index contributed by atoms with van der Waals surface area (Å²) in [5.74, 6) is -0.112. The maximum absolute atomic E-state index is 12.2. The summed E-state index contributed by atoms with van der Waals surface area (Å²) in [5, 5.41) is 12.5. The molecule has 3 rings (SSSR count). The van der Waals surface area contributed by atoms with Gasteiger partial charge in [-0.2, -0.15) is 5.10 Å². The van der Waals surface area contributed by atoms with Crippen LogP contribution in [0.1, 0.15) is 16.8 Å². The molecule has 21 heavy (non-hydrogen) atoms. The third-order valence-electron chi connectivity index (χ3n) is 3.46. The average molecular weight is 310 g/mol. The summed E-state index contributed by atoms with van der Waals surface area (Å²) >= 11 is 0. The lowest BCUT2D eigenvalue weighted by Crippen LogP contribution is -2.40. The first kappa shape index (κ1) is 15.3. The number of hydrogen-bond donors (Lipinski definition) is 3. The first-order valence-corrected chi connectivity index (χ1v) is 6.45. The lowest BCUT2D eigenvalue weighted by molar-refractivity contribution is -0.113. The Hall–Kier alpha value is -2.12. The number of hydrogen-bond acceptors (Lipinski definition) is 4. The second-order valence-electron chi connectivity index (χ2n) is 4.82. The van der Waals surface area contributed by atoms with Gasteiger partial charge in [-0.3, -0.25) is 20.1 Å². The number of amides is 2. The van der Waals surface area contributed by atoms with Gasteiger partial charge in [0, 0.05) is 30.1 Å². The zero-order chi connectivity index (χ0) is 13.9. The highest BCUT2D eigenvalue weighted by Crippen LogP contribution is 2.13. The van der Waals surface area contributed by atoms with E-state index >= 15 is 0 Å². The molecule has 1 aliphatic rings. The van der Waals surface area contributed by atoms with Crippen molar-refractivity contribution in [3.63, 3.8) is 0 Å². The van der Waals surface area contributed by atoms with Gasteiger partial charge < -0.3 is 5.32 Å². The van der Waals surface area contributed by atoms with Gasteiger partial charge in [0.15, 0.2) is 0 Å². The highest BCUT2D eigenvalue weighted by molar-refractivity contribution is 5.97. The Bertz CT molecular complexity index is 644. The summed E-state index contributed by atoms with van der Waals surface area (Å²) in [4.78, 5) is 22.5. The number of aromatic amines is 1. The van der Waals surface area contributed by atoms with Crippen LogP contribution in [0.25, 0.3) is 10.9 Å². The summed E-state index contributed by atoms with van der Waals surface area (Å²) in [6, 6.07) is 5.48. The fourth-order valence-corrected chi connectivity index (χ4v) is 2.42. The molecule has 1 aromatic carbocycles. The van der Waals surface area contributed by atoms with Crippen LogP contribution in [0.15, 0.2) is 24.4 Å². The van der Waals surface area contributed by atoms with Crippen molar-refractivity contribution < 1.29 is 9.59 Å². The molecular weight excluding hydrogens is 294 g/mol. The molecule has 8 heteroatoms. The molecule has 1 saturated heterocycles. The van der Waals surface area contributed by atoms with E-state index < -0.39 is 0 Å². The van der Waals surface area contributed by atoms with Crippen LogP contribution >= 0.6 is 12.4 Å². The molecule has 7 nitrogen and oxygen atoms in total. The van der Waals surface area contributed by atoms with Gasteiger partial charge in [-0.1, -0.05) is 6.07 Å². The number of carbonyl (C=O) groups is 2. The Morgan fingerprint density at radius 1 is 1.48 bits per heavy atom. The molecule has 1 fully saturated rings. The van der Waals surface area contributed by atoms with E-state index in [1.807, 2.05) is 6.07 Å². The third-order valence-corrected chi connectivity index (χ3v) is 3.46. The minimum Gasteiger partial charge on any atom is -0.348 e. The number of H-pyrrole nitrogens is 1. The molecule has 112 valence electrons. The highest BCUT2D eigenvalue weighted by atomic mass is 35.5. The summed E-state index contributed by atoms with van der Waals surface area (Å²) in [6.07, 6.45) is 3.19. The van der Waals surface area contributed by atoms with Crippen LogP contribution in [0.3, 0.4) is 0 Å². The van der Waals surface area contributed by atoms with E-state index in [2.05, 4.69) is 20.9 Å². The number of benzene rings is 1. The number of fused-ring (bicyclic) bond motifs is 1. The lowest BCUT2D eigenvalue weighted by atomic mass is 10.1. The predicted molar refractivity (Wildman–Crippen MR) is 80.0 cm³/mol. The van der Waals surface area contributed by atoms with Crippen LogP contribution in [0, 0.1) is 0 Å². The molecule has 1 unspecified atom stereocenters. The van der Waals surface area contributed by atoms with Crippen molar-refractivity contribution in [3.05, 3.63) is 30.0 Å². The Morgan fingerprint density at radius 2 is 2.33 bits per heavy atom. The zero-order valence-corrected chi connectivity index (χ0v) is 12.0. The van der Waals surface area contributed by atoms with Crippen LogP contribution in [0.2, 0.25) is 0 Å². The van der Waals surface area contributed by atoms with Crippen molar-refractivity contribution in [2.45, 2.75) is 12.5 Å². The van der Waals surface area contributed by atoms with Gasteiger partial charge in [0.2, 0.25) is 6.41 Å². The predicted octanol–water partition coefficient (Wildman–Crippen LogP) is 0.450. The second kappa shape index (κ2) is 6.55. The van der Waals surface area contributed by atoms with E-state index in [1.165, 1.54) is 0 Å². The first-order valence-electron chi connectivity index (χ1n) is 6.45. The first-order chi connectivity index (χ1) is 9.76. The van der Waals surface area contributed by atoms with Crippen molar-refractivity contribution in [1.82, 2.24) is 25.9 Å². The highest BCUT2D eigenvalue weighted by Gasteiger charge is 2.23. The Morgan fingerprint density at radius 3 is 3.14 bits per heavy atom. The zero-order valence-electron chi connectivity index (χ0n) is 11.2. The number of aromatic nitrogens is 2. The van der Waals surface area contributed by atoms with Crippen molar-refractivity contribution in [3.8, 4) is 0 Å². The van der Waals surface area contributed by atoms with E-state index in [0.717, 1.165) is 23.9 Å². The molecule has 2 aromatic rings. The SMILES string of the molecule is Cl.O=CNN1CCC(NC(=O)c2ccc3cn[nH]c3c2)C1. The molecule has 0 bridgehead atoms. The third kappa shape index (κ3) is 3.32. The van der Waals surface area contributed by atoms with E-state index in [-0.39, 0.29) is 24.4 Å². The molecule has 2 amide bonds. The van der Waals surface area contributed by atoms with Crippen molar-refractivity contribution >= 4 is 35.6 Å². The molecular formula is C13H16ClN5O2. The standard InChI is InChI=1S/C13H15N5O2.ClH/c19-8-15-18-4-3-11(7-18)16-13(20)9-1-2-10-6-14-17-12(10)5-9;/h1-2,5-6,8,11H,3-4,7H2,(H,14,17)(H,15,19)(H,16,20);1H. The van der Waals surface area contributed by atoms with Crippen LogP contribution in [-0.2, 0) is 4.79 Å². The lowest BCUT2D eigenvalue weighted by Gasteiger charge is -2.15. The molecule has 0 saturated carbocycles. The normalized spacial score (nSPS) is 18.2. The summed E-state index contributed by atoms with van der Waals surface area (Å²) in [6.45, 7) is 1.36. The maximum atomic E-state index is 12.2. The molecule has 1 aliphatic heterocycles. The average Bonchev–Trinajstić information content (AvgIpc) is 3.07. The molecule has 1 aromatic heterocycles. The summed E-state index contributed by atoms with van der Waals surface area (Å²) < 4.78 is 0. The minimum absolute atomic E-state index is 0. The van der Waals surface area contributed by atoms with Gasteiger partial charge in [0.25, 0.3) is 5.91 Å². The van der Waals surface area contributed by atoms with Crippen LogP contribution in [-0.4, -0.2) is 46.7 Å². The van der Waals surface area contributed by atoms with Gasteiger partial charge in [-0.05, 0) is 18.6 Å². The van der Waals surface area contributed by atoms with Crippen LogP contribution < -0.4 is 10.7 Å². The van der Waals surface area contributed by atoms with Crippen molar-refractivity contribution in [2.24, 2.45) is 0 Å². The number of hydrazine groups is 1. The Balaban J connectivity index is 0.00000161. The Labute approximate surface area is 127 Å². The van der Waals surface area contributed by atoms with E-state index in [1.54, 1.807) is 23.3 Å². The van der Waals surface area contributed by atoms with Gasteiger partial charge in [0.1, 0.15) is 0 Å². The monoisotopic (exact) mass is 309 g/mol. The van der Waals surface area contributed by atoms with Crippen molar-refractivity contribution in [2.75, 3.05) is 13.1 Å². The number of rotatable bonds is 4. The van der Waals surface area contributed by atoms with E-state index in [0.29, 0.717) is 18.5 Å². The second-order valence-corrected chi connectivity index (χ2v) is 4.82. The molecule has 0 radical (unpaired) electrons. The molecule has 2 heterocycles. The summed E-state index contributed by atoms with van der Waals surface area (Å²) in [7, 11) is 0. The molecule has 3 N–H and O–H groups in total. The molecule has 1 atom stereocenters. The topological polar surface area (TPSA) is 90.1 Å². The Kier molecular flexibility index (Phi) is 4.77. The number of halogens is 1. The minimum atomic E-state index is -0.112. The van der Waals surface area contributed by atoms with Gasteiger partial charge in [-0.15, -0.1) is 12.4 Å². The van der Waals surface area contributed by atoms with Crippen LogP contribution in [0.4, 0.5) is 0 Å². The number of nitrogens with zero attached hydrogens (tertiary/aromatic N) is 2. The maximum Gasteiger partial charge on any atom is 0.251 e. The van der Waals surface area contributed by atoms with Crippen molar-refractivity contribution in [1.29, 1.82) is 0 Å². The fourth-order valence-electron chi connectivity index (χ4n) is 2.42. The van der Waals surface area contributed by atoms with Crippen LogP contribution in [0.5, 0.6) is 0 Å². The smallest absolute Gasteiger partial charge is 0.251 e. The van der Waals surface area contributed by atoms with E-state index in [4.69, 9.17) is 0 Å². The fraction of sp³-hybridized carbons (Fsp3) is 0.308. The largest absolute Gasteiger partial charge is 0.348 e. The van der Waals surface area contributed by atoms with E-state index in [9.17, 15) is 9.59 Å². The number of carbonyl (C=O) groups excluding carboxylic acids is 2. The van der Waals surface area contributed by atoms with Gasteiger partial charge >= 0.3 is 0 Å². The van der Waals surface area contributed by atoms with Gasteiger partial charge in [0.05, 0.1) is 11.7 Å². The van der Waals surface area contributed by atoms with Gasteiger partial charge in [-0.25, -0.2) is 5.01 Å². The molecule has 0 aliphatic carbocycles. The quantitative estimate of drug-likeness (QED) is 0.715. The number of nitrogens with one attached hydrogen (secondary N) is 3.